The molecule has 0 unspecified atom stereocenters. The second kappa shape index (κ2) is 7.44. The van der Waals surface area contributed by atoms with Gasteiger partial charge in [-0.3, -0.25) is 0 Å². The van der Waals surface area contributed by atoms with Crippen LogP contribution in [0.4, 0.5) is 0 Å². The molecular weight excluding hydrogens is 490 g/mol. The van der Waals surface area contributed by atoms with Gasteiger partial charge in [0.2, 0.25) is 0 Å². The lowest BCUT2D eigenvalue weighted by Gasteiger charge is -2.24. The van der Waals surface area contributed by atoms with E-state index < -0.39 is 0 Å². The molecule has 1 aromatic heterocycles. The zero-order valence-corrected chi connectivity index (χ0v) is 21.3. The highest BCUT2D eigenvalue weighted by molar-refractivity contribution is 9.10. The van der Waals surface area contributed by atoms with E-state index in [9.17, 15) is 0 Å². The highest BCUT2D eigenvalue weighted by Gasteiger charge is 2.37. The van der Waals surface area contributed by atoms with Crippen molar-refractivity contribution in [1.29, 1.82) is 0 Å². The highest BCUT2D eigenvalue weighted by Crippen LogP contribution is 2.53. The molecule has 0 fully saturated rings. The molecule has 1 nitrogen and oxygen atoms in total. The quantitative estimate of drug-likeness (QED) is 0.217. The van der Waals surface area contributed by atoms with Crippen LogP contribution in [0.1, 0.15) is 25.0 Å². The Morgan fingerprint density at radius 2 is 1.34 bits per heavy atom. The summed E-state index contributed by atoms with van der Waals surface area (Å²) in [6, 6.07) is 39.8. The van der Waals surface area contributed by atoms with Gasteiger partial charge in [-0.25, -0.2) is 0 Å². The molecule has 7 rings (SSSR count). The lowest BCUT2D eigenvalue weighted by molar-refractivity contribution is 0.661. The summed E-state index contributed by atoms with van der Waals surface area (Å²) in [6.45, 7) is 4.71. The molecule has 1 heterocycles. The second-order valence-corrected chi connectivity index (χ2v) is 10.9. The lowest BCUT2D eigenvalue weighted by atomic mass is 9.79. The molecular formula is C33H24BrN. The maximum atomic E-state index is 3.69. The van der Waals surface area contributed by atoms with Crippen molar-refractivity contribution in [3.05, 3.63) is 125 Å². The molecule has 168 valence electrons. The number of hydrogen-bond acceptors (Lipinski definition) is 0. The summed E-state index contributed by atoms with van der Waals surface area (Å²) < 4.78 is 3.51. The number of para-hydroxylation sites is 2. The molecule has 0 atom stereocenters. The SMILES string of the molecule is CC1(C)c2cc(Br)ccc2-c2cccc(-c3ccc4c(c3)c3ccccc3n4-c3ccccc3)c21. The first kappa shape index (κ1) is 20.7. The smallest absolute Gasteiger partial charge is 0.0541 e. The first-order chi connectivity index (χ1) is 17.0. The van der Waals surface area contributed by atoms with E-state index in [1.807, 2.05) is 0 Å². The minimum Gasteiger partial charge on any atom is -0.309 e. The zero-order valence-electron chi connectivity index (χ0n) is 19.7. The number of rotatable bonds is 2. The Balaban J connectivity index is 1.50. The van der Waals surface area contributed by atoms with Crippen molar-refractivity contribution in [3.63, 3.8) is 0 Å². The van der Waals surface area contributed by atoms with Crippen LogP contribution in [0.25, 0.3) is 49.7 Å². The average Bonchev–Trinajstić information content (AvgIpc) is 3.33. The van der Waals surface area contributed by atoms with Gasteiger partial charge in [0.15, 0.2) is 0 Å². The summed E-state index contributed by atoms with van der Waals surface area (Å²) in [5, 5.41) is 2.57. The number of hydrogen-bond donors (Lipinski definition) is 0. The Hall–Kier alpha value is -3.62. The van der Waals surface area contributed by atoms with Crippen LogP contribution >= 0.6 is 15.9 Å². The van der Waals surface area contributed by atoms with Gasteiger partial charge >= 0.3 is 0 Å². The molecule has 6 aromatic rings. The van der Waals surface area contributed by atoms with Crippen molar-refractivity contribution in [2.24, 2.45) is 0 Å². The fourth-order valence-electron chi connectivity index (χ4n) is 6.09. The van der Waals surface area contributed by atoms with Gasteiger partial charge in [-0.05, 0) is 75.8 Å². The van der Waals surface area contributed by atoms with Crippen LogP contribution in [0.3, 0.4) is 0 Å². The lowest BCUT2D eigenvalue weighted by Crippen LogP contribution is -2.16. The molecule has 1 aliphatic carbocycles. The van der Waals surface area contributed by atoms with Crippen molar-refractivity contribution in [2.75, 3.05) is 0 Å². The fraction of sp³-hybridized carbons (Fsp3) is 0.0909. The van der Waals surface area contributed by atoms with E-state index in [-0.39, 0.29) is 5.41 Å². The van der Waals surface area contributed by atoms with Crippen LogP contribution in [0, 0.1) is 0 Å². The van der Waals surface area contributed by atoms with Crippen molar-refractivity contribution >= 4 is 37.7 Å². The van der Waals surface area contributed by atoms with Crippen LogP contribution in [0.15, 0.2) is 114 Å². The first-order valence-electron chi connectivity index (χ1n) is 12.1. The molecule has 0 spiro atoms. The fourth-order valence-corrected chi connectivity index (χ4v) is 6.45. The summed E-state index contributed by atoms with van der Waals surface area (Å²) in [5.74, 6) is 0. The van der Waals surface area contributed by atoms with Crippen LogP contribution in [0.2, 0.25) is 0 Å². The normalized spacial score (nSPS) is 13.8. The molecule has 0 radical (unpaired) electrons. The second-order valence-electron chi connectivity index (χ2n) is 9.96. The number of halogens is 1. The average molecular weight is 514 g/mol. The molecule has 0 amide bonds. The van der Waals surface area contributed by atoms with E-state index >= 15 is 0 Å². The van der Waals surface area contributed by atoms with Gasteiger partial charge in [0.05, 0.1) is 11.0 Å². The van der Waals surface area contributed by atoms with Crippen molar-refractivity contribution < 1.29 is 0 Å². The largest absolute Gasteiger partial charge is 0.309 e. The van der Waals surface area contributed by atoms with Gasteiger partial charge in [0.1, 0.15) is 0 Å². The molecule has 0 bridgehead atoms. The Morgan fingerprint density at radius 1 is 0.600 bits per heavy atom. The molecule has 2 heteroatoms. The van der Waals surface area contributed by atoms with Gasteiger partial charge in [0.25, 0.3) is 0 Å². The molecule has 0 saturated carbocycles. The first-order valence-corrected chi connectivity index (χ1v) is 12.9. The van der Waals surface area contributed by atoms with Crippen molar-refractivity contribution in [3.8, 4) is 27.9 Å². The summed E-state index contributed by atoms with van der Waals surface area (Å²) >= 11 is 3.69. The molecule has 5 aromatic carbocycles. The van der Waals surface area contributed by atoms with E-state index in [0.717, 1.165) is 4.47 Å². The van der Waals surface area contributed by atoms with Gasteiger partial charge < -0.3 is 4.57 Å². The molecule has 35 heavy (non-hydrogen) atoms. The highest BCUT2D eigenvalue weighted by atomic mass is 79.9. The van der Waals surface area contributed by atoms with Crippen LogP contribution < -0.4 is 0 Å². The van der Waals surface area contributed by atoms with E-state index in [1.54, 1.807) is 0 Å². The van der Waals surface area contributed by atoms with Crippen molar-refractivity contribution in [2.45, 2.75) is 19.3 Å². The van der Waals surface area contributed by atoms with Crippen LogP contribution in [-0.4, -0.2) is 4.57 Å². The zero-order chi connectivity index (χ0) is 23.7. The van der Waals surface area contributed by atoms with Gasteiger partial charge in [-0.1, -0.05) is 96.5 Å². The predicted octanol–water partition coefficient (Wildman–Crippen LogP) is 9.52. The maximum Gasteiger partial charge on any atom is 0.0541 e. The standard InChI is InChI=1S/C33H24BrN/c1-33(2)29-20-22(34)16-17-25(29)27-13-8-12-24(32(27)33)21-15-18-31-28(19-21)26-11-6-7-14-30(26)35(31)23-9-4-3-5-10-23/h3-20H,1-2H3. The third-order valence-electron chi connectivity index (χ3n) is 7.63. The number of fused-ring (bicyclic) bond motifs is 6. The van der Waals surface area contributed by atoms with Gasteiger partial charge in [-0.15, -0.1) is 0 Å². The van der Waals surface area contributed by atoms with Crippen molar-refractivity contribution in [1.82, 2.24) is 4.57 Å². The molecule has 0 saturated heterocycles. The number of nitrogens with zero attached hydrogens (tertiary/aromatic N) is 1. The summed E-state index contributed by atoms with van der Waals surface area (Å²) in [7, 11) is 0. The summed E-state index contributed by atoms with van der Waals surface area (Å²) in [5.41, 5.74) is 11.7. The molecule has 0 N–H and O–H groups in total. The Bertz CT molecular complexity index is 1770. The summed E-state index contributed by atoms with van der Waals surface area (Å²) in [4.78, 5) is 0. The van der Waals surface area contributed by atoms with E-state index in [0.29, 0.717) is 0 Å². The minimum absolute atomic E-state index is 0.0714. The van der Waals surface area contributed by atoms with Crippen LogP contribution in [0.5, 0.6) is 0 Å². The Kier molecular flexibility index (Phi) is 4.40. The monoisotopic (exact) mass is 513 g/mol. The van der Waals surface area contributed by atoms with Gasteiger partial charge in [0, 0.05) is 26.3 Å². The molecule has 0 aliphatic heterocycles. The van der Waals surface area contributed by atoms with E-state index in [2.05, 4.69) is 144 Å². The maximum absolute atomic E-state index is 3.69. The third kappa shape index (κ3) is 2.93. The summed E-state index contributed by atoms with van der Waals surface area (Å²) in [6.07, 6.45) is 0. The predicted molar refractivity (Wildman–Crippen MR) is 151 cm³/mol. The van der Waals surface area contributed by atoms with Crippen LogP contribution in [-0.2, 0) is 5.41 Å². The van der Waals surface area contributed by atoms with E-state index in [4.69, 9.17) is 0 Å². The minimum atomic E-state index is -0.0714. The number of benzene rings is 5. The molecule has 1 aliphatic rings. The van der Waals surface area contributed by atoms with Gasteiger partial charge in [-0.2, -0.15) is 0 Å². The topological polar surface area (TPSA) is 4.93 Å². The third-order valence-corrected chi connectivity index (χ3v) is 8.13. The Labute approximate surface area is 213 Å². The van der Waals surface area contributed by atoms with E-state index in [1.165, 1.54) is 60.9 Å². The number of aromatic nitrogens is 1. The Morgan fingerprint density at radius 3 is 2.20 bits per heavy atom.